The molecule has 2 nitrogen and oxygen atoms in total. The summed E-state index contributed by atoms with van der Waals surface area (Å²) in [5.74, 6) is 1.84. The number of hydrogen-bond donors (Lipinski definition) is 1. The molecule has 2 aliphatic carbocycles. The van der Waals surface area contributed by atoms with Gasteiger partial charge in [-0.05, 0) is 63.2 Å². The molecule has 116 valence electrons. The van der Waals surface area contributed by atoms with E-state index in [4.69, 9.17) is 0 Å². The number of nitrogens with zero attached hydrogens (tertiary/aromatic N) is 1. The van der Waals surface area contributed by atoms with Crippen LogP contribution >= 0.6 is 0 Å². The number of fused-ring (bicyclic) bond motifs is 2. The predicted octanol–water partition coefficient (Wildman–Crippen LogP) is 3.67. The lowest BCUT2D eigenvalue weighted by molar-refractivity contribution is 0.0275. The Hall–Kier alpha value is -0.0800. The maximum atomic E-state index is 4.04. The molecule has 0 spiro atoms. The molecule has 2 heteroatoms. The van der Waals surface area contributed by atoms with Gasteiger partial charge in [-0.15, -0.1) is 0 Å². The Bertz CT molecular complexity index is 307. The average Bonchev–Trinajstić information content (AvgIpc) is 3.16. The van der Waals surface area contributed by atoms with E-state index in [9.17, 15) is 0 Å². The highest BCUT2D eigenvalue weighted by Crippen LogP contribution is 2.49. The summed E-state index contributed by atoms with van der Waals surface area (Å²) in [6.07, 6.45) is 10.2. The maximum absolute atomic E-state index is 4.04. The van der Waals surface area contributed by atoms with Gasteiger partial charge in [-0.2, -0.15) is 0 Å². The Kier molecular flexibility index (Phi) is 4.42. The molecule has 2 saturated carbocycles. The number of likely N-dealkylation sites (tertiary alicyclic amines) is 1. The van der Waals surface area contributed by atoms with Gasteiger partial charge in [-0.25, -0.2) is 0 Å². The molecule has 3 aliphatic rings. The van der Waals surface area contributed by atoms with Gasteiger partial charge in [-0.3, -0.25) is 0 Å². The fraction of sp³-hybridized carbons (Fsp3) is 1.00. The van der Waals surface area contributed by atoms with Crippen LogP contribution in [-0.2, 0) is 0 Å². The molecule has 2 atom stereocenters. The summed E-state index contributed by atoms with van der Waals surface area (Å²) in [5.41, 5.74) is 0.707. The third-order valence-electron chi connectivity index (χ3n) is 6.28. The van der Waals surface area contributed by atoms with Gasteiger partial charge < -0.3 is 10.2 Å². The van der Waals surface area contributed by atoms with E-state index in [1.807, 2.05) is 0 Å². The normalized spacial score (nSPS) is 36.3. The Balaban J connectivity index is 1.57. The number of piperidine rings is 1. The molecule has 0 aromatic rings. The Morgan fingerprint density at radius 3 is 2.30 bits per heavy atom. The summed E-state index contributed by atoms with van der Waals surface area (Å²) >= 11 is 0. The second kappa shape index (κ2) is 5.96. The molecule has 0 aromatic carbocycles. The topological polar surface area (TPSA) is 15.3 Å². The molecule has 1 aliphatic heterocycles. The molecule has 0 radical (unpaired) electrons. The first-order chi connectivity index (χ1) is 9.63. The van der Waals surface area contributed by atoms with E-state index in [0.717, 1.165) is 23.9 Å². The maximum Gasteiger partial charge on any atom is 0.0148 e. The minimum absolute atomic E-state index is 0.707. The van der Waals surface area contributed by atoms with Crippen LogP contribution in [0.2, 0.25) is 0 Å². The predicted molar refractivity (Wildman–Crippen MR) is 85.9 cm³/mol. The highest BCUT2D eigenvalue weighted by atomic mass is 15.2. The summed E-state index contributed by atoms with van der Waals surface area (Å²) in [6, 6.07) is 1.56. The van der Waals surface area contributed by atoms with Crippen molar-refractivity contribution in [2.45, 2.75) is 77.8 Å². The molecule has 1 saturated heterocycles. The zero-order valence-corrected chi connectivity index (χ0v) is 13.8. The van der Waals surface area contributed by atoms with Crippen LogP contribution in [0.5, 0.6) is 0 Å². The summed E-state index contributed by atoms with van der Waals surface area (Å²) in [7, 11) is 0. The quantitative estimate of drug-likeness (QED) is 0.797. The van der Waals surface area contributed by atoms with Crippen molar-refractivity contribution >= 4 is 0 Å². The van der Waals surface area contributed by atoms with E-state index in [1.165, 1.54) is 64.6 Å². The van der Waals surface area contributed by atoms with Gasteiger partial charge >= 0.3 is 0 Å². The van der Waals surface area contributed by atoms with E-state index in [2.05, 4.69) is 31.0 Å². The molecule has 20 heavy (non-hydrogen) atoms. The SMILES string of the molecule is CCCC1(CNC2C3CCCC2CN(C(C)C)C3)CC1. The Morgan fingerprint density at radius 1 is 1.15 bits per heavy atom. The monoisotopic (exact) mass is 278 g/mol. The van der Waals surface area contributed by atoms with Crippen LogP contribution in [0.4, 0.5) is 0 Å². The lowest BCUT2D eigenvalue weighted by Crippen LogP contribution is -2.58. The van der Waals surface area contributed by atoms with Crippen molar-refractivity contribution < 1.29 is 0 Å². The Morgan fingerprint density at radius 2 is 1.80 bits per heavy atom. The second-order valence-electron chi connectivity index (χ2n) is 8.16. The number of rotatable bonds is 6. The lowest BCUT2D eigenvalue weighted by atomic mass is 9.73. The first kappa shape index (κ1) is 14.8. The standard InChI is InChI=1S/C18H34N2/c1-4-8-18(9-10-18)13-19-17-15-6-5-7-16(17)12-20(11-15)14(2)3/h14-17,19H,4-13H2,1-3H3. The van der Waals surface area contributed by atoms with E-state index >= 15 is 0 Å². The van der Waals surface area contributed by atoms with Crippen LogP contribution in [-0.4, -0.2) is 36.6 Å². The molecular formula is C18H34N2. The minimum atomic E-state index is 0.707. The van der Waals surface area contributed by atoms with Crippen LogP contribution in [0.3, 0.4) is 0 Å². The van der Waals surface area contributed by atoms with Crippen molar-refractivity contribution in [3.05, 3.63) is 0 Å². The molecule has 2 unspecified atom stereocenters. The van der Waals surface area contributed by atoms with E-state index < -0.39 is 0 Å². The van der Waals surface area contributed by atoms with E-state index in [-0.39, 0.29) is 0 Å². The van der Waals surface area contributed by atoms with Crippen molar-refractivity contribution in [2.75, 3.05) is 19.6 Å². The van der Waals surface area contributed by atoms with Gasteiger partial charge in [0.25, 0.3) is 0 Å². The van der Waals surface area contributed by atoms with Gasteiger partial charge in [0.1, 0.15) is 0 Å². The van der Waals surface area contributed by atoms with Crippen molar-refractivity contribution in [2.24, 2.45) is 17.3 Å². The summed E-state index contributed by atoms with van der Waals surface area (Å²) in [4.78, 5) is 2.73. The highest BCUT2D eigenvalue weighted by Gasteiger charge is 2.44. The van der Waals surface area contributed by atoms with Gasteiger partial charge in [0, 0.05) is 31.7 Å². The molecular weight excluding hydrogens is 244 g/mol. The summed E-state index contributed by atoms with van der Waals surface area (Å²) in [5, 5.41) is 4.04. The summed E-state index contributed by atoms with van der Waals surface area (Å²) < 4.78 is 0. The van der Waals surface area contributed by atoms with Gasteiger partial charge in [0.2, 0.25) is 0 Å². The second-order valence-corrected chi connectivity index (χ2v) is 8.16. The third-order valence-corrected chi connectivity index (χ3v) is 6.28. The van der Waals surface area contributed by atoms with Gasteiger partial charge in [-0.1, -0.05) is 19.8 Å². The van der Waals surface area contributed by atoms with Gasteiger partial charge in [0.05, 0.1) is 0 Å². The first-order valence-electron chi connectivity index (χ1n) is 9.11. The van der Waals surface area contributed by atoms with Crippen molar-refractivity contribution in [3.63, 3.8) is 0 Å². The molecule has 3 fully saturated rings. The lowest BCUT2D eigenvalue weighted by Gasteiger charge is -2.49. The molecule has 1 heterocycles. The van der Waals surface area contributed by atoms with E-state index in [1.54, 1.807) is 0 Å². The molecule has 1 N–H and O–H groups in total. The van der Waals surface area contributed by atoms with Crippen LogP contribution in [0.25, 0.3) is 0 Å². The molecule has 0 amide bonds. The zero-order chi connectivity index (χ0) is 14.2. The van der Waals surface area contributed by atoms with Crippen LogP contribution in [0.1, 0.15) is 65.7 Å². The number of hydrogen-bond acceptors (Lipinski definition) is 2. The molecule has 2 bridgehead atoms. The zero-order valence-electron chi connectivity index (χ0n) is 13.8. The van der Waals surface area contributed by atoms with Crippen molar-refractivity contribution in [1.29, 1.82) is 0 Å². The van der Waals surface area contributed by atoms with Crippen LogP contribution in [0.15, 0.2) is 0 Å². The Labute approximate surface area is 125 Å². The average molecular weight is 278 g/mol. The third kappa shape index (κ3) is 3.06. The first-order valence-corrected chi connectivity index (χ1v) is 9.11. The number of nitrogens with one attached hydrogen (secondary N) is 1. The molecule has 3 rings (SSSR count). The highest BCUT2D eigenvalue weighted by molar-refractivity contribution is 5.00. The smallest absolute Gasteiger partial charge is 0.0148 e. The minimum Gasteiger partial charge on any atom is -0.313 e. The van der Waals surface area contributed by atoms with Crippen molar-refractivity contribution in [1.82, 2.24) is 10.2 Å². The summed E-state index contributed by atoms with van der Waals surface area (Å²) in [6.45, 7) is 11.1. The fourth-order valence-corrected chi connectivity index (χ4v) is 4.78. The van der Waals surface area contributed by atoms with Crippen LogP contribution < -0.4 is 5.32 Å². The van der Waals surface area contributed by atoms with Crippen molar-refractivity contribution in [3.8, 4) is 0 Å². The van der Waals surface area contributed by atoms with E-state index in [0.29, 0.717) is 5.41 Å². The molecule has 0 aromatic heterocycles. The van der Waals surface area contributed by atoms with Gasteiger partial charge in [0.15, 0.2) is 0 Å². The fourth-order valence-electron chi connectivity index (χ4n) is 4.78. The largest absolute Gasteiger partial charge is 0.313 e. The van der Waals surface area contributed by atoms with Crippen LogP contribution in [0, 0.1) is 17.3 Å².